The molecule has 2 aromatic heterocycles. The Morgan fingerprint density at radius 2 is 1.86 bits per heavy atom. The molecule has 0 saturated carbocycles. The van der Waals surface area contributed by atoms with Gasteiger partial charge in [0, 0.05) is 50.8 Å². The first-order chi connectivity index (χ1) is 13.7. The van der Waals surface area contributed by atoms with E-state index in [1.165, 1.54) is 18.3 Å². The summed E-state index contributed by atoms with van der Waals surface area (Å²) in [6, 6.07) is 11.0. The lowest BCUT2D eigenvalue weighted by molar-refractivity contribution is 0.0771. The first-order valence-electron chi connectivity index (χ1n) is 9.75. The van der Waals surface area contributed by atoms with E-state index in [4.69, 9.17) is 4.98 Å². The second-order valence-electron chi connectivity index (χ2n) is 7.61. The van der Waals surface area contributed by atoms with Crippen LogP contribution in [0.3, 0.4) is 0 Å². The highest BCUT2D eigenvalue weighted by molar-refractivity contribution is 5.92. The Bertz CT molecular complexity index is 1030. The number of aromatic nitrogens is 3. The van der Waals surface area contributed by atoms with Gasteiger partial charge in [-0.05, 0) is 31.2 Å². The lowest BCUT2D eigenvalue weighted by Crippen LogP contribution is -2.34. The van der Waals surface area contributed by atoms with Crippen LogP contribution in [-0.4, -0.2) is 51.5 Å². The quantitative estimate of drug-likeness (QED) is 0.702. The molecule has 6 nitrogen and oxygen atoms in total. The lowest BCUT2D eigenvalue weighted by atomic mass is 10.0. The number of likely N-dealkylation sites (tertiary alicyclic amines) is 1. The molecule has 2 fully saturated rings. The molecular weight excluding hydrogens is 357 g/mol. The molecule has 0 aliphatic carbocycles. The van der Waals surface area contributed by atoms with E-state index in [2.05, 4.69) is 27.4 Å². The molecule has 144 valence electrons. The molecular formula is C21H22FN5O. The number of carbonyl (C=O) groups is 1. The predicted molar refractivity (Wildman–Crippen MR) is 105 cm³/mol. The molecule has 2 aliphatic rings. The van der Waals surface area contributed by atoms with Gasteiger partial charge in [0.05, 0.1) is 11.0 Å². The van der Waals surface area contributed by atoms with Crippen molar-refractivity contribution in [1.29, 1.82) is 0 Å². The number of aryl methyl sites for hydroxylation is 1. The van der Waals surface area contributed by atoms with Crippen molar-refractivity contribution in [1.82, 2.24) is 19.4 Å². The summed E-state index contributed by atoms with van der Waals surface area (Å²) in [5, 5.41) is 0. The summed E-state index contributed by atoms with van der Waals surface area (Å²) in [5.41, 5.74) is 2.09. The van der Waals surface area contributed by atoms with Crippen LogP contribution in [0.15, 0.2) is 42.6 Å². The highest BCUT2D eigenvalue weighted by Gasteiger charge is 2.43. The number of anilines is 1. The van der Waals surface area contributed by atoms with E-state index >= 15 is 0 Å². The molecule has 0 N–H and O–H groups in total. The molecule has 28 heavy (non-hydrogen) atoms. The average molecular weight is 379 g/mol. The molecule has 0 bridgehead atoms. The fraction of sp³-hybridized carbons (Fsp3) is 0.381. The Morgan fingerprint density at radius 3 is 2.57 bits per heavy atom. The van der Waals surface area contributed by atoms with Crippen molar-refractivity contribution >= 4 is 22.9 Å². The Balaban J connectivity index is 1.34. The van der Waals surface area contributed by atoms with Crippen molar-refractivity contribution in [3.63, 3.8) is 0 Å². The number of nitrogens with zero attached hydrogens (tertiary/aromatic N) is 5. The van der Waals surface area contributed by atoms with Crippen LogP contribution < -0.4 is 4.90 Å². The van der Waals surface area contributed by atoms with Crippen LogP contribution in [0, 0.1) is 17.7 Å². The molecule has 0 spiro atoms. The number of rotatable bonds is 3. The predicted octanol–water partition coefficient (Wildman–Crippen LogP) is 2.80. The molecule has 2 saturated heterocycles. The van der Waals surface area contributed by atoms with Crippen LogP contribution in [0.1, 0.15) is 17.4 Å². The summed E-state index contributed by atoms with van der Waals surface area (Å²) in [5.74, 6) is 0.899. The normalized spacial score (nSPS) is 21.5. The zero-order chi connectivity index (χ0) is 19.3. The highest BCUT2D eigenvalue weighted by atomic mass is 19.1. The van der Waals surface area contributed by atoms with Gasteiger partial charge in [-0.15, -0.1) is 0 Å². The number of benzene rings is 1. The molecule has 1 aromatic carbocycles. The van der Waals surface area contributed by atoms with Gasteiger partial charge in [-0.1, -0.05) is 12.1 Å². The molecule has 3 aromatic rings. The monoisotopic (exact) mass is 379 g/mol. The van der Waals surface area contributed by atoms with Crippen molar-refractivity contribution in [3.05, 3.63) is 54.1 Å². The van der Waals surface area contributed by atoms with E-state index < -0.39 is 5.82 Å². The van der Waals surface area contributed by atoms with Crippen LogP contribution in [0.5, 0.6) is 0 Å². The van der Waals surface area contributed by atoms with E-state index in [1.54, 1.807) is 4.90 Å². The molecule has 1 amide bonds. The van der Waals surface area contributed by atoms with Crippen LogP contribution in [-0.2, 0) is 6.54 Å². The summed E-state index contributed by atoms with van der Waals surface area (Å²) < 4.78 is 16.2. The summed E-state index contributed by atoms with van der Waals surface area (Å²) in [7, 11) is 0. The molecule has 5 rings (SSSR count). The number of imidazole rings is 1. The van der Waals surface area contributed by atoms with E-state index in [0.717, 1.165) is 36.6 Å². The first-order valence-corrected chi connectivity index (χ1v) is 9.75. The third-order valence-electron chi connectivity index (χ3n) is 5.97. The zero-order valence-corrected chi connectivity index (χ0v) is 15.8. The van der Waals surface area contributed by atoms with Crippen LogP contribution in [0.4, 0.5) is 10.3 Å². The van der Waals surface area contributed by atoms with Gasteiger partial charge in [0.15, 0.2) is 11.5 Å². The average Bonchev–Trinajstić information content (AvgIpc) is 3.38. The van der Waals surface area contributed by atoms with Crippen molar-refractivity contribution < 1.29 is 9.18 Å². The van der Waals surface area contributed by atoms with Gasteiger partial charge in [0.25, 0.3) is 5.91 Å². The molecule has 2 unspecified atom stereocenters. The molecule has 2 aliphatic heterocycles. The third-order valence-corrected chi connectivity index (χ3v) is 5.97. The SMILES string of the molecule is CCn1c(N2CC3CN(C(=O)c4ncccc4F)CC3C2)nc2ccccc21. The summed E-state index contributed by atoms with van der Waals surface area (Å²) in [6.45, 7) is 6.01. The van der Waals surface area contributed by atoms with Gasteiger partial charge < -0.3 is 14.4 Å². The topological polar surface area (TPSA) is 54.3 Å². The third kappa shape index (κ3) is 2.65. The number of fused-ring (bicyclic) bond motifs is 2. The first kappa shape index (κ1) is 17.2. The van der Waals surface area contributed by atoms with E-state index in [-0.39, 0.29) is 11.6 Å². The molecule has 4 heterocycles. The fourth-order valence-corrected chi connectivity index (χ4v) is 4.63. The number of pyridine rings is 1. The zero-order valence-electron chi connectivity index (χ0n) is 15.8. The van der Waals surface area contributed by atoms with E-state index in [0.29, 0.717) is 24.9 Å². The maximum absolute atomic E-state index is 13.9. The minimum Gasteiger partial charge on any atom is -0.342 e. The Hall–Kier alpha value is -2.96. The van der Waals surface area contributed by atoms with Crippen molar-refractivity contribution in [2.24, 2.45) is 11.8 Å². The van der Waals surface area contributed by atoms with Gasteiger partial charge in [0.2, 0.25) is 5.95 Å². The number of carbonyl (C=O) groups excluding carboxylic acids is 1. The highest BCUT2D eigenvalue weighted by Crippen LogP contribution is 2.35. The minimum atomic E-state index is -0.553. The number of halogens is 1. The number of amides is 1. The van der Waals surface area contributed by atoms with E-state index in [1.807, 2.05) is 18.2 Å². The maximum Gasteiger partial charge on any atom is 0.275 e. The van der Waals surface area contributed by atoms with E-state index in [9.17, 15) is 9.18 Å². The van der Waals surface area contributed by atoms with Gasteiger partial charge in [0.1, 0.15) is 0 Å². The van der Waals surface area contributed by atoms with Crippen molar-refractivity contribution in [2.75, 3.05) is 31.1 Å². The second kappa shape index (κ2) is 6.58. The molecule has 2 atom stereocenters. The van der Waals surface area contributed by atoms with Crippen molar-refractivity contribution in [2.45, 2.75) is 13.5 Å². The van der Waals surface area contributed by atoms with Crippen LogP contribution >= 0.6 is 0 Å². The standard InChI is InChI=1S/C21H22FN5O/c1-2-27-18-8-4-3-7-17(18)24-21(27)26-12-14-10-25(11-15(14)13-26)20(28)19-16(22)6-5-9-23-19/h3-9,14-15H,2,10-13H2,1H3. The van der Waals surface area contributed by atoms with Crippen LogP contribution in [0.25, 0.3) is 11.0 Å². The largest absolute Gasteiger partial charge is 0.342 e. The number of para-hydroxylation sites is 2. The van der Waals surface area contributed by atoms with Gasteiger partial charge in [-0.2, -0.15) is 0 Å². The Morgan fingerprint density at radius 1 is 1.11 bits per heavy atom. The van der Waals surface area contributed by atoms with Crippen molar-refractivity contribution in [3.8, 4) is 0 Å². The summed E-state index contributed by atoms with van der Waals surface area (Å²) in [4.78, 5) is 25.5. The Kier molecular flexibility index (Phi) is 4.03. The summed E-state index contributed by atoms with van der Waals surface area (Å²) in [6.07, 6.45) is 1.46. The smallest absolute Gasteiger partial charge is 0.275 e. The molecule has 7 heteroatoms. The second-order valence-corrected chi connectivity index (χ2v) is 7.61. The maximum atomic E-state index is 13.9. The minimum absolute atomic E-state index is 0.0768. The fourth-order valence-electron chi connectivity index (χ4n) is 4.63. The van der Waals surface area contributed by atoms with Gasteiger partial charge >= 0.3 is 0 Å². The lowest BCUT2D eigenvalue weighted by Gasteiger charge is -2.23. The van der Waals surface area contributed by atoms with Gasteiger partial charge in [-0.25, -0.2) is 14.4 Å². The van der Waals surface area contributed by atoms with Gasteiger partial charge in [-0.3, -0.25) is 4.79 Å². The number of hydrogen-bond acceptors (Lipinski definition) is 4. The molecule has 0 radical (unpaired) electrons. The Labute approximate surface area is 162 Å². The summed E-state index contributed by atoms with van der Waals surface area (Å²) >= 11 is 0. The van der Waals surface area contributed by atoms with Crippen LogP contribution in [0.2, 0.25) is 0 Å². The number of hydrogen-bond donors (Lipinski definition) is 0.